The first-order valence-electron chi connectivity index (χ1n) is 27.7. The first-order chi connectivity index (χ1) is 37.3. The number of nitrogens with zero attached hydrogens (tertiary/aromatic N) is 10. The predicted octanol–water partition coefficient (Wildman–Crippen LogP) is 8.17. The molecule has 1 spiro atoms. The van der Waals surface area contributed by atoms with Crippen molar-refractivity contribution in [2.45, 2.75) is 103 Å². The maximum Gasteiger partial charge on any atom is 0.319 e. The molecular weight excluding hydrogens is 976 g/mol. The van der Waals surface area contributed by atoms with E-state index in [-0.39, 0.29) is 52.2 Å². The molecule has 402 valence electrons. The molecule has 0 aliphatic carbocycles. The highest BCUT2D eigenvalue weighted by molar-refractivity contribution is 6.02. The van der Waals surface area contributed by atoms with Gasteiger partial charge in [0.15, 0.2) is 17.4 Å². The van der Waals surface area contributed by atoms with Crippen LogP contribution < -0.4 is 25.2 Å². The molecule has 5 unspecified atom stereocenters. The number of aromatic hydroxyl groups is 1. The summed E-state index contributed by atoms with van der Waals surface area (Å²) in [6.45, 7) is 14.6. The van der Waals surface area contributed by atoms with Crippen molar-refractivity contribution >= 4 is 45.1 Å². The lowest BCUT2D eigenvalue weighted by atomic mass is 9.72. The number of amides is 2. The second-order valence-electron chi connectivity index (χ2n) is 22.7. The molecule has 2 bridgehead atoms. The summed E-state index contributed by atoms with van der Waals surface area (Å²) in [6, 6.07) is 21.2. The summed E-state index contributed by atoms with van der Waals surface area (Å²) >= 11 is 0. The van der Waals surface area contributed by atoms with Gasteiger partial charge in [-0.25, -0.2) is 4.39 Å². The lowest BCUT2D eigenvalue weighted by Crippen LogP contribution is -2.60. The molecule has 0 saturated carbocycles. The van der Waals surface area contributed by atoms with Gasteiger partial charge in [0.25, 0.3) is 0 Å². The van der Waals surface area contributed by atoms with Crippen molar-refractivity contribution in [3.8, 4) is 34.3 Å². The number of phenols is 1. The van der Waals surface area contributed by atoms with Crippen LogP contribution in [0.15, 0.2) is 83.6 Å². The Kier molecular flexibility index (Phi) is 13.6. The number of carbonyl (C=O) groups is 2. The summed E-state index contributed by atoms with van der Waals surface area (Å²) in [5.41, 5.74) is 5.04. The molecule has 5 saturated heterocycles. The number of piperazine rings is 1. The van der Waals surface area contributed by atoms with E-state index in [4.69, 9.17) is 24.2 Å². The standard InChI is InChI=1S/C59H69FN12O5/c1-6-37-9-7-10-40-27-43(73)28-44(51(37)40)53-52(60)54-45(30-61-53)55(70-31-41-16-17-42(32-70)64-41)66-58(65-54)76-26-25-69-23-19-59(20-24-69)33-71(34-59)49-29-48(77-67-49)50(35(2)3)57(75)72-22-8-11-47(72)56(74)63-36(4)38-12-14-39(15-13-38)46-18-21-62-68(46)5/h7,9-10,12-15,18,21,27-30,35-36,41-42,47,50,64,73H,6,8,11,16-17,19-20,22-26,31-34H2,1-5H3,(H,63,74). The summed E-state index contributed by atoms with van der Waals surface area (Å²) < 4.78 is 31.3. The Morgan fingerprint density at radius 1 is 0.961 bits per heavy atom. The third-order valence-electron chi connectivity index (χ3n) is 17.3. The van der Waals surface area contributed by atoms with Crippen molar-refractivity contribution in [2.75, 3.05) is 68.8 Å². The molecule has 17 nitrogen and oxygen atoms in total. The average Bonchev–Trinajstić information content (AvgIpc) is 4.33. The van der Waals surface area contributed by atoms with Gasteiger partial charge in [0.05, 0.1) is 17.1 Å². The van der Waals surface area contributed by atoms with Gasteiger partial charge >= 0.3 is 6.01 Å². The van der Waals surface area contributed by atoms with Crippen molar-refractivity contribution < 1.29 is 28.3 Å². The van der Waals surface area contributed by atoms with Crippen LogP contribution in [0.3, 0.4) is 0 Å². The molecule has 5 fully saturated rings. The van der Waals surface area contributed by atoms with Gasteiger partial charge < -0.3 is 39.7 Å². The molecule has 0 radical (unpaired) electrons. The molecule has 5 atom stereocenters. The number of carbonyl (C=O) groups excluding carboxylic acids is 2. The first-order valence-corrected chi connectivity index (χ1v) is 27.7. The summed E-state index contributed by atoms with van der Waals surface area (Å²) in [7, 11) is 1.91. The molecule has 12 rings (SSSR count). The number of hydrogen-bond donors (Lipinski definition) is 3. The van der Waals surface area contributed by atoms with E-state index >= 15 is 4.39 Å². The van der Waals surface area contributed by atoms with Crippen molar-refractivity contribution in [1.82, 2.24) is 50.3 Å². The number of aromatic nitrogens is 6. The topological polar surface area (TPSA) is 183 Å². The zero-order chi connectivity index (χ0) is 53.1. The Hall–Kier alpha value is -7.18. The zero-order valence-corrected chi connectivity index (χ0v) is 44.7. The quantitative estimate of drug-likeness (QED) is 0.0894. The number of benzene rings is 3. The van der Waals surface area contributed by atoms with Crippen LogP contribution in [-0.2, 0) is 23.1 Å². The van der Waals surface area contributed by atoms with Crippen LogP contribution in [-0.4, -0.2) is 134 Å². The number of pyridine rings is 1. The maximum atomic E-state index is 17.1. The zero-order valence-electron chi connectivity index (χ0n) is 44.7. The van der Waals surface area contributed by atoms with Gasteiger partial charge in [-0.05, 0) is 117 Å². The molecule has 7 aromatic rings. The maximum absolute atomic E-state index is 17.1. The summed E-state index contributed by atoms with van der Waals surface area (Å²) in [6.07, 6.45) is 9.75. The first kappa shape index (κ1) is 50.6. The van der Waals surface area contributed by atoms with Crippen LogP contribution in [0.5, 0.6) is 11.8 Å². The Labute approximate surface area is 448 Å². The lowest BCUT2D eigenvalue weighted by molar-refractivity contribution is -0.141. The van der Waals surface area contributed by atoms with E-state index in [2.05, 4.69) is 42.5 Å². The third-order valence-corrected chi connectivity index (χ3v) is 17.3. The monoisotopic (exact) mass is 1040 g/mol. The number of aryl methyl sites for hydroxylation is 2. The number of likely N-dealkylation sites (tertiary alicyclic amines) is 2. The van der Waals surface area contributed by atoms with Gasteiger partial charge in [-0.1, -0.05) is 68.4 Å². The van der Waals surface area contributed by atoms with E-state index in [0.717, 1.165) is 117 Å². The molecule has 18 heteroatoms. The van der Waals surface area contributed by atoms with E-state index in [9.17, 15) is 14.7 Å². The number of rotatable bonds is 15. The van der Waals surface area contributed by atoms with Gasteiger partial charge in [-0.2, -0.15) is 15.1 Å². The molecule has 5 aliphatic heterocycles. The highest BCUT2D eigenvalue weighted by atomic mass is 19.1. The van der Waals surface area contributed by atoms with E-state index in [0.29, 0.717) is 60.7 Å². The number of halogens is 1. The average molecular weight is 1050 g/mol. The molecule has 77 heavy (non-hydrogen) atoms. The summed E-state index contributed by atoms with van der Waals surface area (Å²) in [4.78, 5) is 51.3. The van der Waals surface area contributed by atoms with Crippen LogP contribution in [0.25, 0.3) is 44.2 Å². The van der Waals surface area contributed by atoms with Crippen LogP contribution in [0, 0.1) is 17.2 Å². The second-order valence-corrected chi connectivity index (χ2v) is 22.7. The highest BCUT2D eigenvalue weighted by Gasteiger charge is 2.47. The Bertz CT molecular complexity index is 3320. The normalized spacial score (nSPS) is 21.1. The van der Waals surface area contributed by atoms with Gasteiger partial charge in [0.2, 0.25) is 11.8 Å². The van der Waals surface area contributed by atoms with Gasteiger partial charge in [-0.15, -0.1) is 0 Å². The van der Waals surface area contributed by atoms with E-state index < -0.39 is 17.8 Å². The van der Waals surface area contributed by atoms with Gasteiger partial charge in [0, 0.05) is 87.8 Å². The van der Waals surface area contributed by atoms with Gasteiger partial charge in [0.1, 0.15) is 41.3 Å². The highest BCUT2D eigenvalue weighted by Crippen LogP contribution is 2.44. The third kappa shape index (κ3) is 9.72. The number of anilines is 2. The van der Waals surface area contributed by atoms with E-state index in [1.54, 1.807) is 29.4 Å². The number of hydrogen-bond acceptors (Lipinski definition) is 14. The molecule has 4 aromatic heterocycles. The number of ether oxygens (including phenoxy) is 1. The number of piperidine rings is 1. The van der Waals surface area contributed by atoms with Crippen molar-refractivity contribution in [3.05, 3.63) is 102 Å². The van der Waals surface area contributed by atoms with Crippen LogP contribution in [0.1, 0.15) is 95.1 Å². The fourth-order valence-corrected chi connectivity index (χ4v) is 13.0. The van der Waals surface area contributed by atoms with Crippen LogP contribution >= 0.6 is 0 Å². The minimum atomic E-state index is -0.570. The number of nitrogens with one attached hydrogen (secondary N) is 2. The van der Waals surface area contributed by atoms with Gasteiger partial charge in [-0.3, -0.25) is 24.2 Å². The fourth-order valence-electron chi connectivity index (χ4n) is 13.0. The second kappa shape index (κ2) is 20.6. The smallest absolute Gasteiger partial charge is 0.319 e. The van der Waals surface area contributed by atoms with Crippen LogP contribution in [0.2, 0.25) is 0 Å². The van der Waals surface area contributed by atoms with Crippen LogP contribution in [0.4, 0.5) is 16.0 Å². The number of fused-ring (bicyclic) bond motifs is 4. The van der Waals surface area contributed by atoms with Crippen molar-refractivity contribution in [1.29, 1.82) is 0 Å². The predicted molar refractivity (Wildman–Crippen MR) is 293 cm³/mol. The largest absolute Gasteiger partial charge is 0.508 e. The Balaban J connectivity index is 0.670. The fraction of sp³-hybridized carbons (Fsp3) is 0.475. The lowest BCUT2D eigenvalue weighted by Gasteiger charge is -2.54. The molecular formula is C59H69FN12O5. The molecule has 2 amide bonds. The molecule has 9 heterocycles. The molecule has 3 N–H and O–H groups in total. The van der Waals surface area contributed by atoms with E-state index in [1.165, 1.54) is 0 Å². The summed E-state index contributed by atoms with van der Waals surface area (Å²) in [5.74, 6) is 0.472. The van der Waals surface area contributed by atoms with E-state index in [1.807, 2.05) is 87.1 Å². The Morgan fingerprint density at radius 3 is 2.47 bits per heavy atom. The minimum absolute atomic E-state index is 0.0426. The molecule has 3 aromatic carbocycles. The Morgan fingerprint density at radius 2 is 1.74 bits per heavy atom. The van der Waals surface area contributed by atoms with Crippen molar-refractivity contribution in [2.24, 2.45) is 18.4 Å². The van der Waals surface area contributed by atoms with Crippen molar-refractivity contribution in [3.63, 3.8) is 0 Å². The SMILES string of the molecule is CCc1cccc2cc(O)cc(-c3ncc4c(N5CC6CCC(C5)N6)nc(OCCN5CCC6(CC5)CN(c5cc(C(C(=O)N7CCCC7C(=O)NC(C)c7ccc(-c8ccnn8C)cc7)C(C)C)on5)C6)nc4c3F)c12. The minimum Gasteiger partial charge on any atom is -0.508 e. The number of phenolic OH excluding ortho intramolecular Hbond substituents is 1. The molecule has 5 aliphatic rings. The summed E-state index contributed by atoms with van der Waals surface area (Å²) in [5, 5.41) is 28.6.